The Labute approximate surface area is 186 Å². The van der Waals surface area contributed by atoms with Crippen molar-refractivity contribution in [3.8, 4) is 16.9 Å². The third kappa shape index (κ3) is 5.12. The molecule has 158 valence electrons. The Bertz CT molecular complexity index is 1100. The second-order valence-electron chi connectivity index (χ2n) is 7.77. The van der Waals surface area contributed by atoms with Crippen molar-refractivity contribution in [2.24, 2.45) is 5.92 Å². The molecule has 0 spiro atoms. The second kappa shape index (κ2) is 9.31. The molecule has 0 aliphatic heterocycles. The molecule has 1 heterocycles. The standard InChI is InChI=1S/C25H23ClN2O3/c1-28(24(30)12-17-5-3-2-4-6-17)25-23(31-16-18-7-8-18)13-20(14-27-25)21-11-19(15-29)9-10-22(21)26/h2-6,9-11,13-15,18H,7-8,12,16H2,1H3. The van der Waals surface area contributed by atoms with Crippen LogP contribution < -0.4 is 9.64 Å². The van der Waals surface area contributed by atoms with Crippen LogP contribution in [0.4, 0.5) is 5.82 Å². The van der Waals surface area contributed by atoms with E-state index in [0.717, 1.165) is 30.3 Å². The normalized spacial score (nSPS) is 13.0. The molecule has 0 radical (unpaired) electrons. The number of halogens is 1. The number of nitrogens with zero attached hydrogens (tertiary/aromatic N) is 2. The van der Waals surface area contributed by atoms with Gasteiger partial charge in [0, 0.05) is 35.0 Å². The highest BCUT2D eigenvalue weighted by Gasteiger charge is 2.24. The first-order valence-corrected chi connectivity index (χ1v) is 10.6. The van der Waals surface area contributed by atoms with Crippen LogP contribution in [0.1, 0.15) is 28.8 Å². The summed E-state index contributed by atoms with van der Waals surface area (Å²) in [6, 6.07) is 16.5. The first-order chi connectivity index (χ1) is 15.0. The van der Waals surface area contributed by atoms with Crippen LogP contribution in [-0.2, 0) is 11.2 Å². The number of anilines is 1. The van der Waals surface area contributed by atoms with Gasteiger partial charge in [-0.05, 0) is 42.5 Å². The number of carbonyl (C=O) groups excluding carboxylic acids is 2. The molecule has 1 fully saturated rings. The van der Waals surface area contributed by atoms with Gasteiger partial charge in [-0.25, -0.2) is 4.98 Å². The molecule has 5 nitrogen and oxygen atoms in total. The lowest BCUT2D eigenvalue weighted by Gasteiger charge is -2.21. The SMILES string of the molecule is CN(C(=O)Cc1ccccc1)c1ncc(-c2cc(C=O)ccc2Cl)cc1OCC1CC1. The summed E-state index contributed by atoms with van der Waals surface area (Å²) in [5.74, 6) is 1.46. The number of amides is 1. The average molecular weight is 435 g/mol. The van der Waals surface area contributed by atoms with Crippen molar-refractivity contribution in [2.45, 2.75) is 19.3 Å². The Hall–Kier alpha value is -3.18. The minimum atomic E-state index is -0.0799. The molecule has 6 heteroatoms. The summed E-state index contributed by atoms with van der Waals surface area (Å²) in [5.41, 5.74) is 2.89. The molecule has 1 amide bonds. The Balaban J connectivity index is 1.65. The van der Waals surface area contributed by atoms with Crippen LogP contribution in [0.25, 0.3) is 11.1 Å². The minimum absolute atomic E-state index is 0.0799. The Morgan fingerprint density at radius 3 is 2.68 bits per heavy atom. The van der Waals surface area contributed by atoms with Crippen molar-refractivity contribution in [2.75, 3.05) is 18.6 Å². The van der Waals surface area contributed by atoms with E-state index in [0.29, 0.717) is 40.2 Å². The molecule has 31 heavy (non-hydrogen) atoms. The quantitative estimate of drug-likeness (QED) is 0.457. The molecule has 0 N–H and O–H groups in total. The first kappa shape index (κ1) is 21.1. The maximum Gasteiger partial charge on any atom is 0.232 e. The topological polar surface area (TPSA) is 59.5 Å². The number of benzene rings is 2. The fourth-order valence-electron chi connectivity index (χ4n) is 3.28. The summed E-state index contributed by atoms with van der Waals surface area (Å²) in [5, 5.41) is 0.516. The Morgan fingerprint density at radius 1 is 1.19 bits per heavy atom. The molecule has 4 rings (SSSR count). The van der Waals surface area contributed by atoms with Gasteiger partial charge < -0.3 is 4.74 Å². The van der Waals surface area contributed by atoms with E-state index in [9.17, 15) is 9.59 Å². The van der Waals surface area contributed by atoms with E-state index in [2.05, 4.69) is 4.98 Å². The third-order valence-corrected chi connectivity index (χ3v) is 5.66. The molecule has 0 bridgehead atoms. The number of carbonyl (C=O) groups is 2. The fourth-order valence-corrected chi connectivity index (χ4v) is 3.51. The van der Waals surface area contributed by atoms with Crippen molar-refractivity contribution in [3.63, 3.8) is 0 Å². The maximum absolute atomic E-state index is 12.9. The highest BCUT2D eigenvalue weighted by molar-refractivity contribution is 6.33. The van der Waals surface area contributed by atoms with Gasteiger partial charge >= 0.3 is 0 Å². The lowest BCUT2D eigenvalue weighted by molar-refractivity contribution is -0.117. The molecule has 1 aliphatic rings. The number of aldehydes is 1. The summed E-state index contributed by atoms with van der Waals surface area (Å²) in [6.45, 7) is 0.584. The Kier molecular flexibility index (Phi) is 6.33. The van der Waals surface area contributed by atoms with Gasteiger partial charge in [0.05, 0.1) is 13.0 Å². The monoisotopic (exact) mass is 434 g/mol. The van der Waals surface area contributed by atoms with Crippen molar-refractivity contribution >= 4 is 29.6 Å². The number of hydrogen-bond acceptors (Lipinski definition) is 4. The van der Waals surface area contributed by atoms with Crippen molar-refractivity contribution < 1.29 is 14.3 Å². The van der Waals surface area contributed by atoms with Gasteiger partial charge in [-0.1, -0.05) is 48.0 Å². The van der Waals surface area contributed by atoms with Gasteiger partial charge in [0.25, 0.3) is 0 Å². The molecule has 0 saturated heterocycles. The van der Waals surface area contributed by atoms with Gasteiger partial charge in [-0.15, -0.1) is 0 Å². The van der Waals surface area contributed by atoms with Gasteiger partial charge in [0.15, 0.2) is 11.6 Å². The zero-order valence-electron chi connectivity index (χ0n) is 17.3. The van der Waals surface area contributed by atoms with Crippen LogP contribution in [0, 0.1) is 5.92 Å². The largest absolute Gasteiger partial charge is 0.489 e. The number of likely N-dealkylation sites (N-methyl/N-ethyl adjacent to an activating group) is 1. The predicted octanol–water partition coefficient (Wildman–Crippen LogP) is 5.21. The second-order valence-corrected chi connectivity index (χ2v) is 8.18. The van der Waals surface area contributed by atoms with Gasteiger partial charge in [-0.3, -0.25) is 14.5 Å². The van der Waals surface area contributed by atoms with E-state index in [4.69, 9.17) is 16.3 Å². The molecule has 1 aromatic heterocycles. The summed E-state index contributed by atoms with van der Waals surface area (Å²) in [4.78, 5) is 30.1. The van der Waals surface area contributed by atoms with Crippen LogP contribution in [0.15, 0.2) is 60.8 Å². The smallest absolute Gasteiger partial charge is 0.232 e. The van der Waals surface area contributed by atoms with E-state index in [1.54, 1.807) is 31.4 Å². The lowest BCUT2D eigenvalue weighted by atomic mass is 10.0. The maximum atomic E-state index is 12.9. The summed E-state index contributed by atoms with van der Waals surface area (Å²) < 4.78 is 6.07. The number of rotatable bonds is 8. The van der Waals surface area contributed by atoms with Gasteiger partial charge in [0.1, 0.15) is 6.29 Å². The molecule has 3 aromatic rings. The minimum Gasteiger partial charge on any atom is -0.489 e. The van der Waals surface area contributed by atoms with Crippen molar-refractivity contribution in [1.29, 1.82) is 0 Å². The van der Waals surface area contributed by atoms with Crippen LogP contribution in [0.3, 0.4) is 0 Å². The molecule has 1 saturated carbocycles. The predicted molar refractivity (Wildman–Crippen MR) is 122 cm³/mol. The van der Waals surface area contributed by atoms with Crippen molar-refractivity contribution in [3.05, 3.63) is 76.9 Å². The molecule has 0 atom stereocenters. The average Bonchev–Trinajstić information content (AvgIpc) is 3.62. The summed E-state index contributed by atoms with van der Waals surface area (Å²) in [6.07, 6.45) is 5.01. The van der Waals surface area contributed by atoms with Gasteiger partial charge in [0.2, 0.25) is 5.91 Å². The van der Waals surface area contributed by atoms with Crippen LogP contribution in [-0.4, -0.2) is 30.8 Å². The highest BCUT2D eigenvalue weighted by atomic mass is 35.5. The highest BCUT2D eigenvalue weighted by Crippen LogP contribution is 2.36. The third-order valence-electron chi connectivity index (χ3n) is 5.33. The van der Waals surface area contributed by atoms with E-state index >= 15 is 0 Å². The van der Waals surface area contributed by atoms with Crippen LogP contribution in [0.5, 0.6) is 5.75 Å². The molecule has 1 aliphatic carbocycles. The zero-order valence-corrected chi connectivity index (χ0v) is 18.0. The Morgan fingerprint density at radius 2 is 1.97 bits per heavy atom. The molecular formula is C25H23ClN2O3. The van der Waals surface area contributed by atoms with E-state index in [1.165, 1.54) is 4.90 Å². The van der Waals surface area contributed by atoms with E-state index in [1.807, 2.05) is 36.4 Å². The molecule has 0 unspecified atom stereocenters. The molecular weight excluding hydrogens is 412 g/mol. The van der Waals surface area contributed by atoms with Crippen molar-refractivity contribution in [1.82, 2.24) is 4.98 Å². The number of aromatic nitrogens is 1. The van der Waals surface area contributed by atoms with E-state index in [-0.39, 0.29) is 12.3 Å². The first-order valence-electron chi connectivity index (χ1n) is 10.2. The number of ether oxygens (including phenoxy) is 1. The fraction of sp³-hybridized carbons (Fsp3) is 0.240. The van der Waals surface area contributed by atoms with Crippen LogP contribution >= 0.6 is 11.6 Å². The molecule has 2 aromatic carbocycles. The summed E-state index contributed by atoms with van der Waals surface area (Å²) in [7, 11) is 1.71. The summed E-state index contributed by atoms with van der Waals surface area (Å²) >= 11 is 6.37. The zero-order chi connectivity index (χ0) is 21.8. The number of hydrogen-bond donors (Lipinski definition) is 0. The lowest BCUT2D eigenvalue weighted by Crippen LogP contribution is -2.29. The van der Waals surface area contributed by atoms with Gasteiger partial charge in [-0.2, -0.15) is 0 Å². The van der Waals surface area contributed by atoms with Crippen LogP contribution in [0.2, 0.25) is 5.02 Å². The number of pyridine rings is 1. The van der Waals surface area contributed by atoms with E-state index < -0.39 is 0 Å².